The van der Waals surface area contributed by atoms with E-state index in [1.807, 2.05) is 36.4 Å². The maximum Gasteiger partial charge on any atom is 0.334 e. The zero-order valence-corrected chi connectivity index (χ0v) is 11.3. The van der Waals surface area contributed by atoms with Gasteiger partial charge in [-0.15, -0.1) is 6.42 Å². The molecule has 0 saturated heterocycles. The van der Waals surface area contributed by atoms with Crippen LogP contribution in [0.4, 0.5) is 0 Å². The normalized spacial score (nSPS) is 10.6. The van der Waals surface area contributed by atoms with Gasteiger partial charge in [0.1, 0.15) is 0 Å². The van der Waals surface area contributed by atoms with Gasteiger partial charge in [-0.05, 0) is 30.3 Å². The molecular weight excluding hydrogens is 272 g/mol. The molecule has 0 saturated carbocycles. The lowest BCUT2D eigenvalue weighted by atomic mass is 10.3. The number of terminal acetylenes is 1. The number of benzene rings is 2. The number of rotatable bonds is 2. The summed E-state index contributed by atoms with van der Waals surface area (Å²) in [5.74, 6) is 2.51. The molecule has 0 amide bonds. The van der Waals surface area contributed by atoms with Crippen LogP contribution in [0.2, 0.25) is 5.02 Å². The van der Waals surface area contributed by atoms with Crippen molar-refractivity contribution in [1.82, 2.24) is 9.13 Å². The second kappa shape index (κ2) is 4.92. The third-order valence-corrected chi connectivity index (χ3v) is 3.39. The number of nitrogens with zero attached hydrogens (tertiary/aromatic N) is 2. The van der Waals surface area contributed by atoms with Gasteiger partial charge in [0, 0.05) is 5.02 Å². The van der Waals surface area contributed by atoms with E-state index >= 15 is 0 Å². The third kappa shape index (κ3) is 1.91. The Morgan fingerprint density at radius 3 is 2.55 bits per heavy atom. The minimum Gasteiger partial charge on any atom is -0.280 e. The van der Waals surface area contributed by atoms with E-state index in [0.29, 0.717) is 5.02 Å². The van der Waals surface area contributed by atoms with Crippen molar-refractivity contribution in [3.63, 3.8) is 0 Å². The maximum atomic E-state index is 12.6. The second-order valence-electron chi connectivity index (χ2n) is 4.38. The highest BCUT2D eigenvalue weighted by molar-refractivity contribution is 6.31. The molecule has 98 valence electrons. The number of halogens is 1. The largest absolute Gasteiger partial charge is 0.334 e. The lowest BCUT2D eigenvalue weighted by Crippen LogP contribution is -2.22. The topological polar surface area (TPSA) is 26.9 Å². The summed E-state index contributed by atoms with van der Waals surface area (Å²) >= 11 is 6.05. The van der Waals surface area contributed by atoms with Crippen LogP contribution in [-0.2, 0) is 6.54 Å². The van der Waals surface area contributed by atoms with Crippen LogP contribution in [-0.4, -0.2) is 9.13 Å². The molecule has 0 atom stereocenters. The molecule has 0 bridgehead atoms. The molecule has 0 fully saturated rings. The van der Waals surface area contributed by atoms with Crippen LogP contribution in [0.5, 0.6) is 0 Å². The van der Waals surface area contributed by atoms with Gasteiger partial charge in [-0.1, -0.05) is 35.7 Å². The molecule has 3 nitrogen and oxygen atoms in total. The highest BCUT2D eigenvalue weighted by atomic mass is 35.5. The zero-order valence-electron chi connectivity index (χ0n) is 10.6. The van der Waals surface area contributed by atoms with E-state index in [9.17, 15) is 4.79 Å². The lowest BCUT2D eigenvalue weighted by molar-refractivity contribution is 0.795. The Labute approximate surface area is 121 Å². The van der Waals surface area contributed by atoms with E-state index in [2.05, 4.69) is 5.92 Å². The van der Waals surface area contributed by atoms with E-state index in [-0.39, 0.29) is 12.2 Å². The quantitative estimate of drug-likeness (QED) is 0.664. The first-order valence-electron chi connectivity index (χ1n) is 6.12. The van der Waals surface area contributed by atoms with Gasteiger partial charge in [0.05, 0.1) is 23.3 Å². The monoisotopic (exact) mass is 282 g/mol. The van der Waals surface area contributed by atoms with Crippen LogP contribution in [0.1, 0.15) is 0 Å². The molecule has 4 heteroatoms. The SMILES string of the molecule is C#CCn1c(=O)n(-c2ccccc2)c2cc(Cl)ccc21. The van der Waals surface area contributed by atoms with Gasteiger partial charge >= 0.3 is 5.69 Å². The molecule has 0 radical (unpaired) electrons. The van der Waals surface area contributed by atoms with Crippen molar-refractivity contribution in [2.75, 3.05) is 0 Å². The van der Waals surface area contributed by atoms with E-state index in [4.69, 9.17) is 18.0 Å². The molecule has 0 unspecified atom stereocenters. The van der Waals surface area contributed by atoms with Gasteiger partial charge in [-0.3, -0.25) is 9.13 Å². The molecule has 1 aromatic heterocycles. The first-order chi connectivity index (χ1) is 9.72. The maximum absolute atomic E-state index is 12.6. The second-order valence-corrected chi connectivity index (χ2v) is 4.81. The van der Waals surface area contributed by atoms with Gasteiger partial charge in [-0.25, -0.2) is 4.79 Å². The number of hydrogen-bond donors (Lipinski definition) is 0. The first-order valence-corrected chi connectivity index (χ1v) is 6.50. The van der Waals surface area contributed by atoms with E-state index in [1.165, 1.54) is 0 Å². The van der Waals surface area contributed by atoms with Crippen LogP contribution in [0.15, 0.2) is 53.3 Å². The fourth-order valence-electron chi connectivity index (χ4n) is 2.30. The molecule has 20 heavy (non-hydrogen) atoms. The Morgan fingerprint density at radius 1 is 1.10 bits per heavy atom. The Hall–Kier alpha value is -2.44. The van der Waals surface area contributed by atoms with Crippen LogP contribution in [0.25, 0.3) is 16.7 Å². The van der Waals surface area contributed by atoms with Gasteiger partial charge in [0.15, 0.2) is 0 Å². The summed E-state index contributed by atoms with van der Waals surface area (Å²) < 4.78 is 3.19. The molecule has 0 spiro atoms. The fourth-order valence-corrected chi connectivity index (χ4v) is 2.47. The molecule has 0 N–H and O–H groups in total. The van der Waals surface area contributed by atoms with Crippen molar-refractivity contribution in [2.45, 2.75) is 6.54 Å². The summed E-state index contributed by atoms with van der Waals surface area (Å²) in [4.78, 5) is 12.6. The number of para-hydroxylation sites is 1. The van der Waals surface area contributed by atoms with Crippen LogP contribution >= 0.6 is 11.6 Å². The van der Waals surface area contributed by atoms with Gasteiger partial charge in [0.2, 0.25) is 0 Å². The molecule has 0 aliphatic rings. The number of aromatic nitrogens is 2. The Morgan fingerprint density at radius 2 is 1.85 bits per heavy atom. The smallest absolute Gasteiger partial charge is 0.280 e. The molecule has 3 aromatic rings. The van der Waals surface area contributed by atoms with Crippen molar-refractivity contribution >= 4 is 22.6 Å². The fraction of sp³-hybridized carbons (Fsp3) is 0.0625. The molecule has 3 rings (SSSR count). The molecular formula is C16H11ClN2O. The highest BCUT2D eigenvalue weighted by Gasteiger charge is 2.14. The summed E-state index contributed by atoms with van der Waals surface area (Å²) in [6, 6.07) is 14.8. The molecule has 0 aliphatic heterocycles. The predicted octanol–water partition coefficient (Wildman–Crippen LogP) is 3.08. The van der Waals surface area contributed by atoms with Crippen LogP contribution < -0.4 is 5.69 Å². The van der Waals surface area contributed by atoms with Crippen LogP contribution in [0.3, 0.4) is 0 Å². The van der Waals surface area contributed by atoms with Gasteiger partial charge < -0.3 is 0 Å². The summed E-state index contributed by atoms with van der Waals surface area (Å²) in [7, 11) is 0. The first kappa shape index (κ1) is 12.6. The Bertz CT molecular complexity index is 869. The summed E-state index contributed by atoms with van der Waals surface area (Å²) in [6.07, 6.45) is 5.35. The predicted molar refractivity (Wildman–Crippen MR) is 81.4 cm³/mol. The summed E-state index contributed by atoms with van der Waals surface area (Å²) in [5, 5.41) is 0.583. The standard InChI is InChI=1S/C16H11ClN2O/c1-2-10-18-14-9-8-12(17)11-15(14)19(16(18)20)13-6-4-3-5-7-13/h1,3-9,11H,10H2. The Kier molecular flexibility index (Phi) is 3.09. The van der Waals surface area contributed by atoms with Crippen molar-refractivity contribution in [3.05, 3.63) is 64.0 Å². The Balaban J connectivity index is 2.43. The lowest BCUT2D eigenvalue weighted by Gasteiger charge is -2.02. The summed E-state index contributed by atoms with van der Waals surface area (Å²) in [6.45, 7) is 0.233. The average molecular weight is 283 g/mol. The summed E-state index contributed by atoms with van der Waals surface area (Å²) in [5.41, 5.74) is 2.16. The van der Waals surface area contributed by atoms with Gasteiger partial charge in [-0.2, -0.15) is 0 Å². The molecule has 2 aromatic carbocycles. The third-order valence-electron chi connectivity index (χ3n) is 3.16. The van der Waals surface area contributed by atoms with E-state index < -0.39 is 0 Å². The minimum atomic E-state index is -0.161. The van der Waals surface area contributed by atoms with Crippen molar-refractivity contribution in [1.29, 1.82) is 0 Å². The average Bonchev–Trinajstić information content (AvgIpc) is 2.72. The number of hydrogen-bond acceptors (Lipinski definition) is 1. The molecule has 0 aliphatic carbocycles. The van der Waals surface area contributed by atoms with Gasteiger partial charge in [0.25, 0.3) is 0 Å². The van der Waals surface area contributed by atoms with E-state index in [1.54, 1.807) is 21.3 Å². The zero-order chi connectivity index (χ0) is 14.1. The molecule has 1 heterocycles. The highest BCUT2D eigenvalue weighted by Crippen LogP contribution is 2.21. The number of fused-ring (bicyclic) bond motifs is 1. The number of imidazole rings is 1. The van der Waals surface area contributed by atoms with Crippen molar-refractivity contribution < 1.29 is 0 Å². The van der Waals surface area contributed by atoms with Crippen molar-refractivity contribution in [2.24, 2.45) is 0 Å². The van der Waals surface area contributed by atoms with Crippen LogP contribution in [0, 0.1) is 12.3 Å². The van der Waals surface area contributed by atoms with E-state index in [0.717, 1.165) is 16.7 Å². The minimum absolute atomic E-state index is 0.161. The van der Waals surface area contributed by atoms with Crippen molar-refractivity contribution in [3.8, 4) is 18.0 Å².